The van der Waals surface area contributed by atoms with Crippen LogP contribution in [0.4, 0.5) is 0 Å². The molecule has 2 fully saturated rings. The van der Waals surface area contributed by atoms with E-state index in [0.29, 0.717) is 13.2 Å². The lowest BCUT2D eigenvalue weighted by Gasteiger charge is -2.36. The fourth-order valence-electron chi connectivity index (χ4n) is 3.23. The Morgan fingerprint density at radius 3 is 2.65 bits per heavy atom. The number of sulfonamides is 1. The zero-order chi connectivity index (χ0) is 16.3. The summed E-state index contributed by atoms with van der Waals surface area (Å²) >= 11 is 0. The number of nitrogens with one attached hydrogen (secondary N) is 1. The molecular weight excluding hydrogens is 314 g/mol. The van der Waals surface area contributed by atoms with Crippen LogP contribution < -0.4 is 4.72 Å². The number of benzene rings is 1. The third kappa shape index (κ3) is 4.59. The molecule has 128 valence electrons. The van der Waals surface area contributed by atoms with Crippen molar-refractivity contribution in [2.45, 2.75) is 18.7 Å². The van der Waals surface area contributed by atoms with Crippen LogP contribution in [-0.4, -0.2) is 72.0 Å². The second-order valence-corrected chi connectivity index (χ2v) is 8.21. The van der Waals surface area contributed by atoms with Crippen molar-refractivity contribution in [1.82, 2.24) is 14.5 Å². The highest BCUT2D eigenvalue weighted by molar-refractivity contribution is 7.96. The zero-order valence-electron chi connectivity index (χ0n) is 13.5. The molecule has 2 aliphatic rings. The molecule has 3 atom stereocenters. The molecule has 0 amide bonds. The molecular formula is C16H25N3O3S. The van der Waals surface area contributed by atoms with Crippen molar-refractivity contribution >= 4 is 10.4 Å². The van der Waals surface area contributed by atoms with Crippen LogP contribution in [0.3, 0.4) is 0 Å². The number of likely N-dealkylation sites (N-methyl/N-ethyl adjacent to an activating group) is 1. The summed E-state index contributed by atoms with van der Waals surface area (Å²) in [6.07, 6.45) is 0. The van der Waals surface area contributed by atoms with E-state index in [1.807, 2.05) is 30.3 Å². The predicted molar refractivity (Wildman–Crippen MR) is 89.6 cm³/mol. The maximum absolute atomic E-state index is 12.0. The van der Waals surface area contributed by atoms with E-state index in [9.17, 15) is 8.76 Å². The van der Waals surface area contributed by atoms with Crippen LogP contribution in [0.5, 0.6) is 0 Å². The Labute approximate surface area is 139 Å². The summed E-state index contributed by atoms with van der Waals surface area (Å²) in [5.41, 5.74) is 1.10. The highest BCUT2D eigenvalue weighted by atomic mass is 32.3. The highest BCUT2D eigenvalue weighted by Crippen LogP contribution is 2.21. The average Bonchev–Trinajstić information content (AvgIpc) is 2.84. The first-order valence-electron chi connectivity index (χ1n) is 8.08. The van der Waals surface area contributed by atoms with Gasteiger partial charge in [0.15, 0.2) is 0 Å². The lowest BCUT2D eigenvalue weighted by atomic mass is 10.1. The zero-order valence-corrected chi connectivity index (χ0v) is 14.3. The van der Waals surface area contributed by atoms with Crippen molar-refractivity contribution < 1.29 is 13.5 Å². The molecule has 7 heteroatoms. The van der Waals surface area contributed by atoms with E-state index in [4.69, 9.17) is 4.74 Å². The van der Waals surface area contributed by atoms with Crippen LogP contribution in [0.2, 0.25) is 0 Å². The number of piperazine rings is 1. The molecule has 2 aliphatic heterocycles. The van der Waals surface area contributed by atoms with Crippen LogP contribution in [0.15, 0.2) is 30.3 Å². The maximum atomic E-state index is 12.0. The number of hydrogen-bond donors (Lipinski definition) is 1. The molecule has 6 nitrogen and oxygen atoms in total. The fourth-order valence-corrected chi connectivity index (χ4v) is 4.91. The van der Waals surface area contributed by atoms with Gasteiger partial charge in [0.1, 0.15) is 16.2 Å². The number of hydrogen-bond acceptors (Lipinski definition) is 5. The third-order valence-electron chi connectivity index (χ3n) is 4.60. The summed E-state index contributed by atoms with van der Waals surface area (Å²) in [6.45, 7) is 4.70. The Morgan fingerprint density at radius 1 is 1.26 bits per heavy atom. The largest absolute Gasteiger partial charge is 0.598 e. The van der Waals surface area contributed by atoms with Gasteiger partial charge in [-0.15, -0.1) is 4.72 Å². The molecule has 3 rings (SSSR count). The van der Waals surface area contributed by atoms with Crippen LogP contribution in [0.1, 0.15) is 5.56 Å². The van der Waals surface area contributed by atoms with E-state index in [2.05, 4.69) is 21.6 Å². The normalized spacial score (nSPS) is 33.1. The van der Waals surface area contributed by atoms with Crippen LogP contribution >= 0.6 is 0 Å². The van der Waals surface area contributed by atoms with Crippen molar-refractivity contribution in [3.63, 3.8) is 0 Å². The number of nitrogens with zero attached hydrogens (tertiary/aromatic N) is 2. The van der Waals surface area contributed by atoms with E-state index in [0.717, 1.165) is 31.7 Å². The van der Waals surface area contributed by atoms with E-state index in [1.165, 1.54) is 0 Å². The smallest absolute Gasteiger partial charge is 0.144 e. The van der Waals surface area contributed by atoms with Crippen LogP contribution in [0.25, 0.3) is 0 Å². The summed E-state index contributed by atoms with van der Waals surface area (Å²) in [6, 6.07) is 9.79. The Bertz CT molecular complexity index is 549. The average molecular weight is 339 g/mol. The van der Waals surface area contributed by atoms with Gasteiger partial charge in [-0.1, -0.05) is 34.5 Å². The first kappa shape index (κ1) is 17.0. The van der Waals surface area contributed by atoms with Crippen molar-refractivity contribution in [2.75, 3.05) is 45.6 Å². The minimum absolute atomic E-state index is 0.00414. The molecule has 2 saturated heterocycles. The molecule has 23 heavy (non-hydrogen) atoms. The lowest BCUT2D eigenvalue weighted by molar-refractivity contribution is 0.0588. The van der Waals surface area contributed by atoms with Gasteiger partial charge in [-0.05, 0) is 12.6 Å². The van der Waals surface area contributed by atoms with Gasteiger partial charge in [-0.25, -0.2) is 0 Å². The van der Waals surface area contributed by atoms with E-state index >= 15 is 0 Å². The topological polar surface area (TPSA) is 67.9 Å². The quantitative estimate of drug-likeness (QED) is 0.784. The number of ether oxygens (including phenoxy) is 1. The summed E-state index contributed by atoms with van der Waals surface area (Å²) in [7, 11) is -1.09. The number of rotatable bonds is 5. The van der Waals surface area contributed by atoms with Gasteiger partial charge < -0.3 is 14.2 Å². The minimum atomic E-state index is -3.19. The molecule has 0 aromatic heterocycles. The Hall–Kier alpha value is -0.830. The summed E-state index contributed by atoms with van der Waals surface area (Å²) < 4.78 is 32.5. The molecule has 0 radical (unpaired) electrons. The first-order chi connectivity index (χ1) is 11.0. The lowest BCUT2D eigenvalue weighted by Crippen LogP contribution is -2.54. The van der Waals surface area contributed by atoms with Crippen LogP contribution in [-0.2, 0) is 26.0 Å². The van der Waals surface area contributed by atoms with Crippen molar-refractivity contribution in [3.8, 4) is 0 Å². The van der Waals surface area contributed by atoms with Crippen LogP contribution in [0, 0.1) is 0 Å². The van der Waals surface area contributed by atoms with Gasteiger partial charge in [0.05, 0.1) is 25.3 Å². The fraction of sp³-hybridized carbons (Fsp3) is 0.625. The van der Waals surface area contributed by atoms with Gasteiger partial charge in [0, 0.05) is 26.2 Å². The molecule has 2 heterocycles. The van der Waals surface area contributed by atoms with Gasteiger partial charge in [0.2, 0.25) is 0 Å². The Kier molecular flexibility index (Phi) is 5.45. The summed E-state index contributed by atoms with van der Waals surface area (Å²) in [5.74, 6) is 0.177. The second kappa shape index (κ2) is 7.38. The standard InChI is InChI=1S/C16H25N3O3S/c1-18-7-9-19(10-8-18)16-13-23(20,21)17-15(16)12-22-11-14-5-3-2-4-6-14/h2-6,15-16H,7-13H2,1H3,(H-,17,20,21)/t15-,16-/m1/s1. The van der Waals surface area contributed by atoms with E-state index < -0.39 is 10.4 Å². The third-order valence-corrected chi connectivity index (χ3v) is 6.04. The van der Waals surface area contributed by atoms with Gasteiger partial charge in [-0.3, -0.25) is 4.90 Å². The second-order valence-electron chi connectivity index (χ2n) is 6.41. The highest BCUT2D eigenvalue weighted by Gasteiger charge is 2.44. The molecule has 0 spiro atoms. The predicted octanol–water partition coefficient (Wildman–Crippen LogP) is 0.336. The Balaban J connectivity index is 1.56. The molecule has 0 bridgehead atoms. The van der Waals surface area contributed by atoms with Gasteiger partial charge in [0.25, 0.3) is 0 Å². The van der Waals surface area contributed by atoms with E-state index in [-0.39, 0.29) is 17.8 Å². The molecule has 1 unspecified atom stereocenters. The van der Waals surface area contributed by atoms with Crippen molar-refractivity contribution in [3.05, 3.63) is 35.9 Å². The molecule has 1 N–H and O–H groups in total. The SMILES string of the molecule is CN1CCN([C@@H]2C[S+](=O)([O-])N[C@@H]2COCc2ccccc2)CC1. The first-order valence-corrected chi connectivity index (χ1v) is 9.73. The Morgan fingerprint density at radius 2 is 1.96 bits per heavy atom. The van der Waals surface area contributed by atoms with Crippen molar-refractivity contribution in [1.29, 1.82) is 0 Å². The molecule has 1 aromatic rings. The van der Waals surface area contributed by atoms with Gasteiger partial charge in [-0.2, -0.15) is 0 Å². The molecule has 1 aromatic carbocycles. The summed E-state index contributed by atoms with van der Waals surface area (Å²) in [4.78, 5) is 4.56. The monoisotopic (exact) mass is 339 g/mol. The maximum Gasteiger partial charge on any atom is 0.144 e. The van der Waals surface area contributed by atoms with E-state index in [1.54, 1.807) is 0 Å². The molecule has 0 aliphatic carbocycles. The summed E-state index contributed by atoms with van der Waals surface area (Å²) in [5, 5.41) is 0. The minimum Gasteiger partial charge on any atom is -0.598 e. The molecule has 0 saturated carbocycles. The van der Waals surface area contributed by atoms with Gasteiger partial charge >= 0.3 is 0 Å². The van der Waals surface area contributed by atoms with Crippen molar-refractivity contribution in [2.24, 2.45) is 0 Å².